The molecule has 21 heavy (non-hydrogen) atoms. The van der Waals surface area contributed by atoms with Gasteiger partial charge in [-0.15, -0.1) is 0 Å². The second-order valence-electron chi connectivity index (χ2n) is 5.80. The van der Waals surface area contributed by atoms with Gasteiger partial charge < -0.3 is 0 Å². The summed E-state index contributed by atoms with van der Waals surface area (Å²) in [4.78, 5) is 11.4. The van der Waals surface area contributed by atoms with Crippen molar-refractivity contribution in [3.8, 4) is 0 Å². The maximum atomic E-state index is 6.29. The first-order valence-electron chi connectivity index (χ1n) is 7.39. The molecule has 3 nitrogen and oxygen atoms in total. The Hall–Kier alpha value is -1.45. The van der Waals surface area contributed by atoms with Crippen LogP contribution in [0.2, 0.25) is 5.15 Å². The van der Waals surface area contributed by atoms with Gasteiger partial charge in [0.25, 0.3) is 0 Å². The third kappa shape index (κ3) is 2.81. The van der Waals surface area contributed by atoms with Crippen molar-refractivity contribution in [3.05, 3.63) is 58.1 Å². The highest BCUT2D eigenvalue weighted by Gasteiger charge is 2.30. The average Bonchev–Trinajstić information content (AvgIpc) is 2.48. The van der Waals surface area contributed by atoms with Crippen LogP contribution in [-0.4, -0.2) is 20.9 Å². The molecule has 0 fully saturated rings. The van der Waals surface area contributed by atoms with E-state index < -0.39 is 0 Å². The van der Waals surface area contributed by atoms with Crippen molar-refractivity contribution in [2.24, 2.45) is 0 Å². The topological polar surface area (TPSA) is 29.0 Å². The maximum absolute atomic E-state index is 6.29. The van der Waals surface area contributed by atoms with Gasteiger partial charge in [-0.05, 0) is 32.8 Å². The van der Waals surface area contributed by atoms with Crippen molar-refractivity contribution in [3.63, 3.8) is 0 Å². The van der Waals surface area contributed by atoms with Crippen LogP contribution in [0.3, 0.4) is 0 Å². The number of fused-ring (bicyclic) bond motifs is 1. The first-order valence-corrected chi connectivity index (χ1v) is 7.76. The van der Waals surface area contributed by atoms with E-state index in [-0.39, 0.29) is 0 Å². The van der Waals surface area contributed by atoms with Crippen LogP contribution in [-0.2, 0) is 13.0 Å². The van der Waals surface area contributed by atoms with Crippen molar-refractivity contribution in [1.29, 1.82) is 0 Å². The van der Waals surface area contributed by atoms with Crippen LogP contribution in [0.1, 0.15) is 42.5 Å². The summed E-state index contributed by atoms with van der Waals surface area (Å²) in [6, 6.07) is 11.4. The standard InChI is InChI=1S/C17H20ClN3/c1-11-9-15-16(19-13(3)20-17(15)18)10-21(11)12(2)14-7-5-4-6-8-14/h4-8,11-12H,9-10H2,1-3H3. The smallest absolute Gasteiger partial charge is 0.136 e. The Morgan fingerprint density at radius 2 is 1.95 bits per heavy atom. The molecule has 1 aromatic carbocycles. The van der Waals surface area contributed by atoms with Gasteiger partial charge in [0.2, 0.25) is 0 Å². The second kappa shape index (κ2) is 5.74. The number of benzene rings is 1. The zero-order valence-electron chi connectivity index (χ0n) is 12.7. The highest BCUT2D eigenvalue weighted by Crippen LogP contribution is 2.32. The predicted molar refractivity (Wildman–Crippen MR) is 85.3 cm³/mol. The summed E-state index contributed by atoms with van der Waals surface area (Å²) in [5, 5.41) is 0.622. The molecule has 0 aliphatic carbocycles. The van der Waals surface area contributed by atoms with Crippen LogP contribution in [0.4, 0.5) is 0 Å². The maximum Gasteiger partial charge on any atom is 0.136 e. The van der Waals surface area contributed by atoms with E-state index in [4.69, 9.17) is 11.6 Å². The number of hydrogen-bond donors (Lipinski definition) is 0. The molecule has 2 unspecified atom stereocenters. The number of halogens is 1. The fourth-order valence-electron chi connectivity index (χ4n) is 3.13. The molecule has 0 saturated heterocycles. The third-order valence-electron chi connectivity index (χ3n) is 4.33. The van der Waals surface area contributed by atoms with Crippen molar-refractivity contribution in [1.82, 2.24) is 14.9 Å². The zero-order chi connectivity index (χ0) is 15.0. The molecule has 2 atom stereocenters. The third-order valence-corrected chi connectivity index (χ3v) is 4.64. The molecular weight excluding hydrogens is 282 g/mol. The Morgan fingerprint density at radius 3 is 2.67 bits per heavy atom. The molecule has 1 aliphatic rings. The van der Waals surface area contributed by atoms with Crippen LogP contribution < -0.4 is 0 Å². The highest BCUT2D eigenvalue weighted by molar-refractivity contribution is 6.30. The highest BCUT2D eigenvalue weighted by atomic mass is 35.5. The first-order chi connectivity index (χ1) is 10.1. The molecule has 3 rings (SSSR count). The molecule has 4 heteroatoms. The van der Waals surface area contributed by atoms with Crippen LogP contribution in [0.5, 0.6) is 0 Å². The molecule has 0 amide bonds. The lowest BCUT2D eigenvalue weighted by molar-refractivity contribution is 0.128. The Morgan fingerprint density at radius 1 is 1.24 bits per heavy atom. The predicted octanol–water partition coefficient (Wildman–Crippen LogP) is 3.95. The summed E-state index contributed by atoms with van der Waals surface area (Å²) in [6.45, 7) is 7.23. The van der Waals surface area contributed by atoms with Crippen molar-refractivity contribution >= 4 is 11.6 Å². The van der Waals surface area contributed by atoms with E-state index in [2.05, 4.69) is 59.0 Å². The summed E-state index contributed by atoms with van der Waals surface area (Å²) in [5.74, 6) is 0.751. The summed E-state index contributed by atoms with van der Waals surface area (Å²) < 4.78 is 0. The van der Waals surface area contributed by atoms with E-state index in [0.717, 1.165) is 30.0 Å². The lowest BCUT2D eigenvalue weighted by atomic mass is 9.96. The molecule has 0 saturated carbocycles. The summed E-state index contributed by atoms with van der Waals surface area (Å²) in [6.07, 6.45) is 0.908. The van der Waals surface area contributed by atoms with Crippen LogP contribution in [0, 0.1) is 6.92 Å². The molecule has 0 bridgehead atoms. The molecular formula is C17H20ClN3. The Balaban J connectivity index is 1.92. The Labute approximate surface area is 131 Å². The van der Waals surface area contributed by atoms with Gasteiger partial charge in [-0.2, -0.15) is 0 Å². The van der Waals surface area contributed by atoms with Gasteiger partial charge in [0, 0.05) is 24.2 Å². The van der Waals surface area contributed by atoms with E-state index in [0.29, 0.717) is 17.2 Å². The van der Waals surface area contributed by atoms with Gasteiger partial charge >= 0.3 is 0 Å². The molecule has 0 N–H and O–H groups in total. The molecule has 0 radical (unpaired) electrons. The average molecular weight is 302 g/mol. The Kier molecular flexibility index (Phi) is 3.96. The molecule has 1 aliphatic heterocycles. The minimum atomic E-state index is 0.364. The van der Waals surface area contributed by atoms with Gasteiger partial charge in [0.15, 0.2) is 0 Å². The van der Waals surface area contributed by atoms with Crippen molar-refractivity contribution in [2.45, 2.75) is 45.8 Å². The van der Waals surface area contributed by atoms with Crippen LogP contribution in [0.25, 0.3) is 0 Å². The van der Waals surface area contributed by atoms with Gasteiger partial charge in [-0.3, -0.25) is 4.90 Å². The molecule has 2 heterocycles. The lowest BCUT2D eigenvalue weighted by Crippen LogP contribution is -2.40. The van der Waals surface area contributed by atoms with E-state index in [1.807, 2.05) is 6.92 Å². The lowest BCUT2D eigenvalue weighted by Gasteiger charge is -2.38. The van der Waals surface area contributed by atoms with Crippen molar-refractivity contribution < 1.29 is 0 Å². The monoisotopic (exact) mass is 301 g/mol. The minimum Gasteiger partial charge on any atom is -0.288 e. The number of hydrogen-bond acceptors (Lipinski definition) is 3. The van der Waals surface area contributed by atoms with Gasteiger partial charge in [-0.1, -0.05) is 41.9 Å². The fraction of sp³-hybridized carbons (Fsp3) is 0.412. The van der Waals surface area contributed by atoms with Crippen molar-refractivity contribution in [2.75, 3.05) is 0 Å². The minimum absolute atomic E-state index is 0.364. The SMILES string of the molecule is Cc1nc(Cl)c2c(n1)CN(C(C)c1ccccc1)C(C)C2. The zero-order valence-corrected chi connectivity index (χ0v) is 13.4. The number of nitrogens with zero attached hydrogens (tertiary/aromatic N) is 3. The van der Waals surface area contributed by atoms with E-state index in [1.54, 1.807) is 0 Å². The van der Waals surface area contributed by atoms with Gasteiger partial charge in [0.1, 0.15) is 11.0 Å². The first kappa shape index (κ1) is 14.5. The number of aromatic nitrogens is 2. The van der Waals surface area contributed by atoms with Gasteiger partial charge in [-0.25, -0.2) is 9.97 Å². The number of aryl methyl sites for hydroxylation is 1. The Bertz CT molecular complexity index is 642. The molecule has 0 spiro atoms. The summed E-state index contributed by atoms with van der Waals surface area (Å²) >= 11 is 6.29. The largest absolute Gasteiger partial charge is 0.288 e. The number of rotatable bonds is 2. The van der Waals surface area contributed by atoms with E-state index in [1.165, 1.54) is 5.56 Å². The van der Waals surface area contributed by atoms with Crippen LogP contribution >= 0.6 is 11.6 Å². The van der Waals surface area contributed by atoms with Gasteiger partial charge in [0.05, 0.1) is 5.69 Å². The second-order valence-corrected chi connectivity index (χ2v) is 6.16. The van der Waals surface area contributed by atoms with E-state index >= 15 is 0 Å². The normalized spacial score (nSPS) is 20.1. The van der Waals surface area contributed by atoms with E-state index in [9.17, 15) is 0 Å². The quantitative estimate of drug-likeness (QED) is 0.787. The molecule has 2 aromatic rings. The molecule has 110 valence electrons. The summed E-state index contributed by atoms with van der Waals surface area (Å²) in [7, 11) is 0. The fourth-order valence-corrected chi connectivity index (χ4v) is 3.44. The molecule has 1 aromatic heterocycles. The summed E-state index contributed by atoms with van der Waals surface area (Å²) in [5.41, 5.74) is 3.53. The van der Waals surface area contributed by atoms with Crippen LogP contribution in [0.15, 0.2) is 30.3 Å².